The molecule has 1 heterocycles. The third kappa shape index (κ3) is 6.99. The molecule has 1 N–H and O–H groups in total. The van der Waals surface area contributed by atoms with Crippen LogP contribution >= 0.6 is 0 Å². The molecule has 1 atom stereocenters. The highest BCUT2D eigenvalue weighted by Crippen LogP contribution is 2.11. The predicted molar refractivity (Wildman–Crippen MR) is 92.7 cm³/mol. The van der Waals surface area contributed by atoms with Crippen LogP contribution in [0.3, 0.4) is 0 Å². The second-order valence-corrected chi connectivity index (χ2v) is 8.44. The Labute approximate surface area is 140 Å². The second-order valence-electron chi connectivity index (χ2n) is 6.59. The summed E-state index contributed by atoms with van der Waals surface area (Å²) in [5, 5.41) is 0. The van der Waals surface area contributed by atoms with Crippen LogP contribution in [0.5, 0.6) is 0 Å². The van der Waals surface area contributed by atoms with Gasteiger partial charge in [-0.1, -0.05) is 44.2 Å². The van der Waals surface area contributed by atoms with Crippen LogP contribution in [-0.2, 0) is 21.3 Å². The van der Waals surface area contributed by atoms with Crippen molar-refractivity contribution in [1.29, 1.82) is 0 Å². The minimum Gasteiger partial charge on any atom is -0.375 e. The molecular formula is C17H28N2O3S. The second kappa shape index (κ2) is 8.78. The number of sulfonamides is 1. The first-order chi connectivity index (χ1) is 10.9. The number of nitrogens with zero attached hydrogens (tertiary/aromatic N) is 1. The molecule has 0 bridgehead atoms. The lowest BCUT2D eigenvalue weighted by molar-refractivity contribution is 0.0571. The van der Waals surface area contributed by atoms with E-state index in [1.54, 1.807) is 0 Å². The Kier molecular flexibility index (Phi) is 7.02. The molecule has 0 aliphatic carbocycles. The minimum absolute atomic E-state index is 0.0943. The Morgan fingerprint density at radius 3 is 2.74 bits per heavy atom. The Morgan fingerprint density at radius 2 is 2.04 bits per heavy atom. The molecule has 0 radical (unpaired) electrons. The van der Waals surface area contributed by atoms with Gasteiger partial charge in [-0.3, -0.25) is 4.90 Å². The van der Waals surface area contributed by atoms with E-state index >= 15 is 0 Å². The Balaban J connectivity index is 1.87. The topological polar surface area (TPSA) is 58.6 Å². The van der Waals surface area contributed by atoms with Crippen LogP contribution in [0.15, 0.2) is 30.3 Å². The summed E-state index contributed by atoms with van der Waals surface area (Å²) in [4.78, 5) is 2.34. The summed E-state index contributed by atoms with van der Waals surface area (Å²) in [6, 6.07) is 10.3. The van der Waals surface area contributed by atoms with Gasteiger partial charge in [-0.2, -0.15) is 0 Å². The number of hydrogen-bond donors (Lipinski definition) is 1. The van der Waals surface area contributed by atoms with Crippen LogP contribution in [0.1, 0.15) is 25.8 Å². The zero-order valence-electron chi connectivity index (χ0n) is 14.1. The van der Waals surface area contributed by atoms with Crippen molar-refractivity contribution >= 4 is 10.0 Å². The molecule has 5 nitrogen and oxygen atoms in total. The van der Waals surface area contributed by atoms with Crippen molar-refractivity contribution in [2.24, 2.45) is 5.92 Å². The van der Waals surface area contributed by atoms with Gasteiger partial charge in [0.1, 0.15) is 0 Å². The van der Waals surface area contributed by atoms with Gasteiger partial charge in [-0.25, -0.2) is 13.1 Å². The Morgan fingerprint density at radius 1 is 1.30 bits per heavy atom. The van der Waals surface area contributed by atoms with E-state index < -0.39 is 10.0 Å². The average molecular weight is 340 g/mol. The van der Waals surface area contributed by atoms with Gasteiger partial charge in [0.25, 0.3) is 0 Å². The van der Waals surface area contributed by atoms with Crippen molar-refractivity contribution in [2.75, 3.05) is 32.0 Å². The zero-order valence-corrected chi connectivity index (χ0v) is 14.9. The van der Waals surface area contributed by atoms with Crippen molar-refractivity contribution in [3.05, 3.63) is 35.9 Å². The van der Waals surface area contributed by atoms with Crippen molar-refractivity contribution in [3.8, 4) is 0 Å². The zero-order chi connectivity index (χ0) is 16.7. The SMILES string of the molecule is CC(C)CS(=O)(=O)NCC1CN(Cc2ccccc2)CCCO1. The van der Waals surface area contributed by atoms with E-state index in [0.29, 0.717) is 13.2 Å². The maximum absolute atomic E-state index is 12.0. The van der Waals surface area contributed by atoms with Crippen LogP contribution in [0, 0.1) is 5.92 Å². The molecule has 1 saturated heterocycles. The fourth-order valence-corrected chi connectivity index (χ4v) is 4.23. The highest BCUT2D eigenvalue weighted by Gasteiger charge is 2.21. The lowest BCUT2D eigenvalue weighted by atomic mass is 10.2. The molecule has 1 unspecified atom stereocenters. The molecule has 6 heteroatoms. The fourth-order valence-electron chi connectivity index (χ4n) is 2.80. The smallest absolute Gasteiger partial charge is 0.211 e. The van der Waals surface area contributed by atoms with Crippen LogP contribution in [0.4, 0.5) is 0 Å². The maximum Gasteiger partial charge on any atom is 0.211 e. The summed E-state index contributed by atoms with van der Waals surface area (Å²) < 4.78 is 32.4. The summed E-state index contributed by atoms with van der Waals surface area (Å²) >= 11 is 0. The van der Waals surface area contributed by atoms with Gasteiger partial charge in [0, 0.05) is 32.8 Å². The maximum atomic E-state index is 12.0. The molecule has 1 fully saturated rings. The van der Waals surface area contributed by atoms with Crippen LogP contribution < -0.4 is 4.72 Å². The van der Waals surface area contributed by atoms with E-state index in [9.17, 15) is 8.42 Å². The highest BCUT2D eigenvalue weighted by molar-refractivity contribution is 7.89. The molecule has 130 valence electrons. The molecule has 1 aromatic rings. The molecular weight excluding hydrogens is 312 g/mol. The minimum atomic E-state index is -3.22. The van der Waals surface area contributed by atoms with Gasteiger partial charge in [-0.15, -0.1) is 0 Å². The van der Waals surface area contributed by atoms with Crippen molar-refractivity contribution in [1.82, 2.24) is 9.62 Å². The summed E-state index contributed by atoms with van der Waals surface area (Å²) in [6.45, 7) is 7.44. The lowest BCUT2D eigenvalue weighted by Gasteiger charge is -2.24. The molecule has 1 aliphatic heterocycles. The Hall–Kier alpha value is -0.950. The average Bonchev–Trinajstić information content (AvgIpc) is 2.70. The summed E-state index contributed by atoms with van der Waals surface area (Å²) in [5.74, 6) is 0.283. The normalized spacial score (nSPS) is 20.6. The first-order valence-corrected chi connectivity index (χ1v) is 9.95. The largest absolute Gasteiger partial charge is 0.375 e. The first kappa shape index (κ1) is 18.4. The summed E-state index contributed by atoms with van der Waals surface area (Å²) in [5.41, 5.74) is 1.27. The Bertz CT molecular complexity index is 560. The van der Waals surface area contributed by atoms with E-state index in [1.807, 2.05) is 32.0 Å². The first-order valence-electron chi connectivity index (χ1n) is 8.30. The van der Waals surface area contributed by atoms with E-state index in [1.165, 1.54) is 5.56 Å². The summed E-state index contributed by atoms with van der Waals surface area (Å²) in [6.07, 6.45) is 0.880. The predicted octanol–water partition coefficient (Wildman–Crippen LogP) is 1.85. The van der Waals surface area contributed by atoms with Gasteiger partial charge >= 0.3 is 0 Å². The van der Waals surface area contributed by atoms with Gasteiger partial charge in [0.2, 0.25) is 10.0 Å². The number of ether oxygens (including phenoxy) is 1. The van der Waals surface area contributed by atoms with Gasteiger partial charge < -0.3 is 4.74 Å². The molecule has 1 aromatic carbocycles. The molecule has 2 rings (SSSR count). The van der Waals surface area contributed by atoms with Crippen molar-refractivity contribution in [3.63, 3.8) is 0 Å². The molecule has 0 saturated carbocycles. The molecule has 0 aromatic heterocycles. The quantitative estimate of drug-likeness (QED) is 0.823. The van der Waals surface area contributed by atoms with E-state index in [0.717, 1.165) is 26.1 Å². The van der Waals surface area contributed by atoms with Gasteiger partial charge in [0.05, 0.1) is 11.9 Å². The van der Waals surface area contributed by atoms with Crippen LogP contribution in [0.25, 0.3) is 0 Å². The van der Waals surface area contributed by atoms with E-state index in [-0.39, 0.29) is 17.8 Å². The van der Waals surface area contributed by atoms with E-state index in [2.05, 4.69) is 21.8 Å². The van der Waals surface area contributed by atoms with E-state index in [4.69, 9.17) is 4.74 Å². The number of nitrogens with one attached hydrogen (secondary N) is 1. The van der Waals surface area contributed by atoms with Crippen molar-refractivity contribution in [2.45, 2.75) is 32.9 Å². The molecule has 0 amide bonds. The third-order valence-electron chi connectivity index (χ3n) is 3.77. The number of benzene rings is 1. The molecule has 23 heavy (non-hydrogen) atoms. The number of rotatable bonds is 7. The third-order valence-corrected chi connectivity index (χ3v) is 5.48. The molecule has 1 aliphatic rings. The van der Waals surface area contributed by atoms with Gasteiger partial charge in [-0.05, 0) is 17.9 Å². The fraction of sp³-hybridized carbons (Fsp3) is 0.647. The number of hydrogen-bond acceptors (Lipinski definition) is 4. The van der Waals surface area contributed by atoms with Crippen LogP contribution in [-0.4, -0.2) is 51.4 Å². The summed E-state index contributed by atoms with van der Waals surface area (Å²) in [7, 11) is -3.22. The van der Waals surface area contributed by atoms with Gasteiger partial charge in [0.15, 0.2) is 0 Å². The molecule has 0 spiro atoms. The standard InChI is InChI=1S/C17H28N2O3S/c1-15(2)14-23(20,21)18-11-17-13-19(9-6-10-22-17)12-16-7-4-3-5-8-16/h3-5,7-8,15,17-18H,6,9-14H2,1-2H3. The lowest BCUT2D eigenvalue weighted by Crippen LogP contribution is -2.41. The van der Waals surface area contributed by atoms with Crippen molar-refractivity contribution < 1.29 is 13.2 Å². The highest BCUT2D eigenvalue weighted by atomic mass is 32.2. The van der Waals surface area contributed by atoms with Crippen LogP contribution in [0.2, 0.25) is 0 Å². The monoisotopic (exact) mass is 340 g/mol.